The SMILES string of the molecule is CN(C(=O)c1ncc(C(F)(F)F)cc1Cl)c1nnc(C(F)(F)F)s1. The molecule has 0 unspecified atom stereocenters. The first kappa shape index (κ1) is 18.4. The van der Waals surface area contributed by atoms with Gasteiger partial charge in [0.2, 0.25) is 10.1 Å². The number of rotatable bonds is 2. The van der Waals surface area contributed by atoms with Crippen LogP contribution in [0.15, 0.2) is 12.3 Å². The summed E-state index contributed by atoms with van der Waals surface area (Å²) in [6.07, 6.45) is -9.04. The standard InChI is InChI=1S/C11H5ClF6N4OS/c1-22(9-21-20-8(24-9)11(16,17)18)7(23)6-5(12)2-4(3-19-6)10(13,14)15/h2-3H,1H3. The second-order valence-corrected chi connectivity index (χ2v) is 5.67. The molecule has 2 aromatic heterocycles. The van der Waals surface area contributed by atoms with Gasteiger partial charge in [-0.15, -0.1) is 10.2 Å². The molecular weight excluding hydrogens is 386 g/mol. The van der Waals surface area contributed by atoms with Crippen molar-refractivity contribution in [3.05, 3.63) is 33.6 Å². The Morgan fingerprint density at radius 3 is 2.25 bits per heavy atom. The molecule has 0 radical (unpaired) electrons. The minimum absolute atomic E-state index is 0.0912. The third-order valence-electron chi connectivity index (χ3n) is 2.62. The van der Waals surface area contributed by atoms with Gasteiger partial charge < -0.3 is 0 Å². The summed E-state index contributed by atoms with van der Waals surface area (Å²) in [5.41, 5.74) is -1.72. The van der Waals surface area contributed by atoms with E-state index >= 15 is 0 Å². The first-order valence-corrected chi connectivity index (χ1v) is 7.02. The van der Waals surface area contributed by atoms with Crippen LogP contribution >= 0.6 is 22.9 Å². The zero-order chi connectivity index (χ0) is 18.3. The number of halogens is 7. The van der Waals surface area contributed by atoms with Gasteiger partial charge in [0.1, 0.15) is 5.69 Å². The molecule has 2 rings (SSSR count). The molecule has 0 aliphatic rings. The van der Waals surface area contributed by atoms with E-state index in [4.69, 9.17) is 11.6 Å². The van der Waals surface area contributed by atoms with Crippen LogP contribution in [-0.4, -0.2) is 28.1 Å². The lowest BCUT2D eigenvalue weighted by Gasteiger charge is -2.14. The molecule has 0 saturated carbocycles. The largest absolute Gasteiger partial charge is 0.445 e. The van der Waals surface area contributed by atoms with Crippen molar-refractivity contribution in [3.8, 4) is 0 Å². The first-order valence-electron chi connectivity index (χ1n) is 5.82. The number of alkyl halides is 6. The summed E-state index contributed by atoms with van der Waals surface area (Å²) < 4.78 is 75.0. The molecule has 2 heterocycles. The van der Waals surface area contributed by atoms with Crippen molar-refractivity contribution < 1.29 is 31.1 Å². The van der Waals surface area contributed by atoms with E-state index < -0.39 is 44.7 Å². The van der Waals surface area contributed by atoms with Crippen molar-refractivity contribution >= 4 is 34.0 Å². The quantitative estimate of drug-likeness (QED) is 0.730. The van der Waals surface area contributed by atoms with Crippen molar-refractivity contribution in [3.63, 3.8) is 0 Å². The smallest absolute Gasteiger partial charge is 0.284 e. The van der Waals surface area contributed by atoms with Gasteiger partial charge in [0.25, 0.3) is 5.91 Å². The number of nitrogens with zero attached hydrogens (tertiary/aromatic N) is 4. The lowest BCUT2D eigenvalue weighted by molar-refractivity contribution is -0.138. The molecule has 0 bridgehead atoms. The van der Waals surface area contributed by atoms with Gasteiger partial charge in [0.15, 0.2) is 0 Å². The molecule has 13 heteroatoms. The maximum Gasteiger partial charge on any atom is 0.445 e. The summed E-state index contributed by atoms with van der Waals surface area (Å²) in [5.74, 6) is -1.03. The maximum absolute atomic E-state index is 12.5. The molecule has 0 saturated heterocycles. The average Bonchev–Trinajstić information content (AvgIpc) is 2.94. The number of anilines is 1. The predicted octanol–water partition coefficient (Wildman–Crippen LogP) is 3.90. The minimum atomic E-state index is -4.73. The Labute approximate surface area is 138 Å². The Bertz CT molecular complexity index is 775. The normalized spacial score (nSPS) is 12.3. The van der Waals surface area contributed by atoms with Crippen LogP contribution in [0.2, 0.25) is 5.02 Å². The molecule has 0 fully saturated rings. The lowest BCUT2D eigenvalue weighted by atomic mass is 10.2. The molecule has 2 aromatic rings. The molecular formula is C11H5ClF6N4OS. The van der Waals surface area contributed by atoms with Crippen molar-refractivity contribution in [1.29, 1.82) is 0 Å². The van der Waals surface area contributed by atoms with Crippen molar-refractivity contribution in [1.82, 2.24) is 15.2 Å². The fourth-order valence-electron chi connectivity index (χ4n) is 1.46. The van der Waals surface area contributed by atoms with E-state index in [2.05, 4.69) is 15.2 Å². The summed E-state index contributed by atoms with van der Waals surface area (Å²) in [6.45, 7) is 0. The van der Waals surface area contributed by atoms with Crippen LogP contribution in [0.3, 0.4) is 0 Å². The number of carbonyl (C=O) groups is 1. The molecule has 0 spiro atoms. The molecule has 1 amide bonds. The second kappa shape index (κ2) is 6.16. The van der Waals surface area contributed by atoms with E-state index in [1.165, 1.54) is 0 Å². The van der Waals surface area contributed by atoms with Gasteiger partial charge in [-0.1, -0.05) is 22.9 Å². The molecule has 130 valence electrons. The summed E-state index contributed by atoms with van der Waals surface area (Å²) in [4.78, 5) is 16.1. The van der Waals surface area contributed by atoms with E-state index in [-0.39, 0.29) is 11.3 Å². The molecule has 5 nitrogen and oxygen atoms in total. The number of amides is 1. The highest BCUT2D eigenvalue weighted by molar-refractivity contribution is 7.15. The number of carbonyl (C=O) groups excluding carboxylic acids is 1. The number of aromatic nitrogens is 3. The van der Waals surface area contributed by atoms with Crippen LogP contribution in [0.4, 0.5) is 31.5 Å². The third-order valence-corrected chi connectivity index (χ3v) is 3.95. The Morgan fingerprint density at radius 1 is 1.17 bits per heavy atom. The summed E-state index contributed by atoms with van der Waals surface area (Å²) in [5, 5.41) is 3.84. The Balaban J connectivity index is 2.30. The van der Waals surface area contributed by atoms with Gasteiger partial charge in [0, 0.05) is 13.2 Å². The van der Waals surface area contributed by atoms with Crippen LogP contribution in [0.5, 0.6) is 0 Å². The molecule has 24 heavy (non-hydrogen) atoms. The molecule has 0 aromatic carbocycles. The monoisotopic (exact) mass is 390 g/mol. The lowest BCUT2D eigenvalue weighted by Crippen LogP contribution is -2.27. The molecule has 0 N–H and O–H groups in total. The zero-order valence-corrected chi connectivity index (χ0v) is 13.0. The van der Waals surface area contributed by atoms with Gasteiger partial charge in [0.05, 0.1) is 10.6 Å². The van der Waals surface area contributed by atoms with Gasteiger partial charge >= 0.3 is 12.4 Å². The summed E-state index contributed by atoms with van der Waals surface area (Å²) in [7, 11) is 1.07. The van der Waals surface area contributed by atoms with Crippen LogP contribution in [0, 0.1) is 0 Å². The summed E-state index contributed by atoms with van der Waals surface area (Å²) in [6, 6.07) is 0.497. The number of hydrogen-bond donors (Lipinski definition) is 0. The van der Waals surface area contributed by atoms with Gasteiger partial charge in [-0.2, -0.15) is 26.3 Å². The van der Waals surface area contributed by atoms with Gasteiger partial charge in [-0.3, -0.25) is 9.69 Å². The maximum atomic E-state index is 12.5. The molecule has 0 atom stereocenters. The van der Waals surface area contributed by atoms with E-state index in [0.717, 1.165) is 7.05 Å². The van der Waals surface area contributed by atoms with E-state index in [9.17, 15) is 31.1 Å². The van der Waals surface area contributed by atoms with Crippen LogP contribution in [0.1, 0.15) is 21.1 Å². The van der Waals surface area contributed by atoms with E-state index in [1.807, 2.05) is 0 Å². The Hall–Kier alpha value is -1.95. The predicted molar refractivity (Wildman–Crippen MR) is 71.9 cm³/mol. The van der Waals surface area contributed by atoms with Gasteiger partial charge in [-0.25, -0.2) is 4.98 Å². The topological polar surface area (TPSA) is 59.0 Å². The van der Waals surface area contributed by atoms with Crippen molar-refractivity contribution in [2.45, 2.75) is 12.4 Å². The zero-order valence-electron chi connectivity index (χ0n) is 11.4. The van der Waals surface area contributed by atoms with Crippen LogP contribution < -0.4 is 4.90 Å². The van der Waals surface area contributed by atoms with Gasteiger partial charge in [-0.05, 0) is 6.07 Å². The first-order chi connectivity index (χ1) is 10.9. The highest BCUT2D eigenvalue weighted by Gasteiger charge is 2.37. The van der Waals surface area contributed by atoms with Crippen LogP contribution in [-0.2, 0) is 12.4 Å². The fourth-order valence-corrected chi connectivity index (χ4v) is 2.38. The number of hydrogen-bond acceptors (Lipinski definition) is 5. The number of pyridine rings is 1. The highest BCUT2D eigenvalue weighted by Crippen LogP contribution is 2.35. The van der Waals surface area contributed by atoms with E-state index in [1.54, 1.807) is 0 Å². The highest BCUT2D eigenvalue weighted by atomic mass is 35.5. The van der Waals surface area contributed by atoms with Crippen molar-refractivity contribution in [2.75, 3.05) is 11.9 Å². The average molecular weight is 391 g/mol. The Kier molecular flexibility index (Phi) is 4.72. The van der Waals surface area contributed by atoms with Crippen LogP contribution in [0.25, 0.3) is 0 Å². The minimum Gasteiger partial charge on any atom is -0.284 e. The van der Waals surface area contributed by atoms with Crippen molar-refractivity contribution in [2.24, 2.45) is 0 Å². The summed E-state index contributed by atoms with van der Waals surface area (Å²) >= 11 is 5.71. The third kappa shape index (κ3) is 3.75. The Morgan fingerprint density at radius 2 is 1.79 bits per heavy atom. The van der Waals surface area contributed by atoms with E-state index in [0.29, 0.717) is 17.2 Å². The molecule has 0 aliphatic heterocycles. The fraction of sp³-hybridized carbons (Fsp3) is 0.273. The second-order valence-electron chi connectivity index (χ2n) is 4.30. The molecule has 0 aliphatic carbocycles.